The zero-order chi connectivity index (χ0) is 25.7. The van der Waals surface area contributed by atoms with E-state index in [9.17, 15) is 0 Å². The van der Waals surface area contributed by atoms with Crippen LogP contribution in [0.1, 0.15) is 25.0 Å². The first-order valence-corrected chi connectivity index (χ1v) is 13.3. The Balaban J connectivity index is 1.72. The zero-order valence-corrected chi connectivity index (χ0v) is 21.7. The second kappa shape index (κ2) is 8.75. The molecule has 0 amide bonds. The molecule has 38 heavy (non-hydrogen) atoms. The van der Waals surface area contributed by atoms with Gasteiger partial charge in [-0.1, -0.05) is 129 Å². The summed E-state index contributed by atoms with van der Waals surface area (Å²) >= 11 is 0. The van der Waals surface area contributed by atoms with Crippen molar-refractivity contribution in [3.8, 4) is 22.3 Å². The van der Waals surface area contributed by atoms with Gasteiger partial charge in [-0.3, -0.25) is 0 Å². The minimum absolute atomic E-state index is 0.113. The second-order valence-electron chi connectivity index (χ2n) is 10.6. The molecule has 0 fully saturated rings. The van der Waals surface area contributed by atoms with Crippen LogP contribution in [-0.2, 0) is 5.41 Å². The van der Waals surface area contributed by atoms with E-state index in [0.29, 0.717) is 0 Å². The average molecular weight is 488 g/mol. The molecule has 6 aromatic carbocycles. The van der Waals surface area contributed by atoms with Crippen molar-refractivity contribution < 1.29 is 0 Å². The molecule has 0 saturated heterocycles. The van der Waals surface area contributed by atoms with Crippen LogP contribution in [0.25, 0.3) is 33.0 Å². The SMILES string of the molecule is CC1(C)c2ccccc2-c2c(-c3ccccc3)c(N(c3ccccc3)c3ccccc3)c3ccccc3c21. The van der Waals surface area contributed by atoms with E-state index in [2.05, 4.69) is 158 Å². The highest BCUT2D eigenvalue weighted by Crippen LogP contribution is 2.59. The van der Waals surface area contributed by atoms with Crippen LogP contribution in [0.5, 0.6) is 0 Å². The van der Waals surface area contributed by atoms with E-state index >= 15 is 0 Å². The number of benzene rings is 6. The van der Waals surface area contributed by atoms with Crippen LogP contribution in [0, 0.1) is 0 Å². The second-order valence-corrected chi connectivity index (χ2v) is 10.6. The van der Waals surface area contributed by atoms with Gasteiger partial charge in [0.05, 0.1) is 5.69 Å². The molecule has 1 heteroatoms. The summed E-state index contributed by atoms with van der Waals surface area (Å²) in [7, 11) is 0. The van der Waals surface area contributed by atoms with E-state index in [4.69, 9.17) is 0 Å². The maximum atomic E-state index is 2.44. The Bertz CT molecular complexity index is 1730. The molecule has 0 aliphatic heterocycles. The third kappa shape index (κ3) is 3.32. The summed E-state index contributed by atoms with van der Waals surface area (Å²) in [4.78, 5) is 2.44. The predicted molar refractivity (Wildman–Crippen MR) is 162 cm³/mol. The maximum Gasteiger partial charge on any atom is 0.0624 e. The summed E-state index contributed by atoms with van der Waals surface area (Å²) in [6.45, 7) is 4.76. The fraction of sp³-hybridized carbons (Fsp3) is 0.0811. The van der Waals surface area contributed by atoms with Crippen molar-refractivity contribution in [2.24, 2.45) is 0 Å². The number of para-hydroxylation sites is 2. The Hall–Kier alpha value is -4.62. The van der Waals surface area contributed by atoms with E-state index in [-0.39, 0.29) is 5.41 Å². The van der Waals surface area contributed by atoms with E-state index < -0.39 is 0 Å². The Labute approximate surface area is 224 Å². The van der Waals surface area contributed by atoms with Crippen LogP contribution in [-0.4, -0.2) is 0 Å². The molecule has 0 aromatic heterocycles. The van der Waals surface area contributed by atoms with E-state index in [1.54, 1.807) is 0 Å². The van der Waals surface area contributed by atoms with Gasteiger partial charge in [0.2, 0.25) is 0 Å². The van der Waals surface area contributed by atoms with Gasteiger partial charge < -0.3 is 4.90 Å². The van der Waals surface area contributed by atoms with Gasteiger partial charge in [-0.2, -0.15) is 0 Å². The van der Waals surface area contributed by atoms with Gasteiger partial charge in [-0.05, 0) is 57.5 Å². The zero-order valence-electron chi connectivity index (χ0n) is 21.7. The highest BCUT2D eigenvalue weighted by Gasteiger charge is 2.40. The maximum absolute atomic E-state index is 2.44. The molecule has 0 N–H and O–H groups in total. The minimum atomic E-state index is -0.113. The van der Waals surface area contributed by atoms with Crippen LogP contribution in [0.4, 0.5) is 17.1 Å². The highest BCUT2D eigenvalue weighted by atomic mass is 15.1. The van der Waals surface area contributed by atoms with Gasteiger partial charge in [-0.15, -0.1) is 0 Å². The largest absolute Gasteiger partial charge is 0.309 e. The predicted octanol–water partition coefficient (Wildman–Crippen LogP) is 10.3. The van der Waals surface area contributed by atoms with Crippen molar-refractivity contribution in [2.75, 3.05) is 4.90 Å². The minimum Gasteiger partial charge on any atom is -0.309 e. The molecular weight excluding hydrogens is 458 g/mol. The Kier molecular flexibility index (Phi) is 5.19. The molecular formula is C37H29N. The monoisotopic (exact) mass is 487 g/mol. The molecule has 0 atom stereocenters. The fourth-order valence-electron chi connectivity index (χ4n) is 6.40. The molecule has 0 saturated carbocycles. The number of hydrogen-bond donors (Lipinski definition) is 0. The smallest absolute Gasteiger partial charge is 0.0624 e. The lowest BCUT2D eigenvalue weighted by molar-refractivity contribution is 0.666. The molecule has 1 nitrogen and oxygen atoms in total. The normalized spacial score (nSPS) is 13.2. The third-order valence-electron chi connectivity index (χ3n) is 8.00. The van der Waals surface area contributed by atoms with Crippen LogP contribution in [0.15, 0.2) is 140 Å². The summed E-state index contributed by atoms with van der Waals surface area (Å²) in [5, 5.41) is 2.58. The lowest BCUT2D eigenvalue weighted by atomic mass is 9.78. The lowest BCUT2D eigenvalue weighted by Crippen LogP contribution is -2.17. The molecule has 182 valence electrons. The number of nitrogens with zero attached hydrogens (tertiary/aromatic N) is 1. The van der Waals surface area contributed by atoms with Crippen molar-refractivity contribution in [3.05, 3.63) is 151 Å². The standard InChI is InChI=1S/C37H29N/c1-37(2)32-25-15-14-24-31(32)34-33(26-16-6-3-7-17-26)36(30-23-13-12-22-29(30)35(34)37)38(27-18-8-4-9-19-27)28-20-10-5-11-21-28/h3-25H,1-2H3. The summed E-state index contributed by atoms with van der Waals surface area (Å²) in [6.07, 6.45) is 0. The molecule has 0 bridgehead atoms. The molecule has 0 spiro atoms. The summed E-state index contributed by atoms with van der Waals surface area (Å²) in [5.41, 5.74) is 11.4. The topological polar surface area (TPSA) is 3.24 Å². The van der Waals surface area contributed by atoms with Gasteiger partial charge in [0.25, 0.3) is 0 Å². The van der Waals surface area contributed by atoms with Crippen molar-refractivity contribution in [1.82, 2.24) is 0 Å². The third-order valence-corrected chi connectivity index (χ3v) is 8.00. The van der Waals surface area contributed by atoms with Gasteiger partial charge in [-0.25, -0.2) is 0 Å². The van der Waals surface area contributed by atoms with Crippen LogP contribution < -0.4 is 4.90 Å². The molecule has 0 radical (unpaired) electrons. The first-order valence-electron chi connectivity index (χ1n) is 13.3. The number of fused-ring (bicyclic) bond motifs is 5. The molecule has 6 aromatic rings. The van der Waals surface area contributed by atoms with Crippen molar-refractivity contribution >= 4 is 27.8 Å². The Morgan fingerprint density at radius 3 is 1.61 bits per heavy atom. The van der Waals surface area contributed by atoms with Gasteiger partial charge >= 0.3 is 0 Å². The van der Waals surface area contributed by atoms with E-state index in [1.807, 2.05) is 0 Å². The lowest BCUT2D eigenvalue weighted by Gasteiger charge is -2.32. The Morgan fingerprint density at radius 1 is 0.474 bits per heavy atom. The van der Waals surface area contributed by atoms with Gasteiger partial charge in [0.15, 0.2) is 0 Å². The van der Waals surface area contributed by atoms with Crippen molar-refractivity contribution in [3.63, 3.8) is 0 Å². The number of anilines is 3. The molecule has 1 aliphatic rings. The summed E-state index contributed by atoms with van der Waals surface area (Å²) in [6, 6.07) is 50.4. The van der Waals surface area contributed by atoms with E-state index in [1.165, 1.54) is 49.8 Å². The molecule has 0 unspecified atom stereocenters. The summed E-state index contributed by atoms with van der Waals surface area (Å²) in [5.74, 6) is 0. The van der Waals surface area contributed by atoms with Gasteiger partial charge in [0, 0.05) is 27.7 Å². The summed E-state index contributed by atoms with van der Waals surface area (Å²) < 4.78 is 0. The van der Waals surface area contributed by atoms with Crippen LogP contribution in [0.2, 0.25) is 0 Å². The van der Waals surface area contributed by atoms with Crippen LogP contribution in [0.3, 0.4) is 0 Å². The van der Waals surface area contributed by atoms with Crippen molar-refractivity contribution in [1.29, 1.82) is 0 Å². The molecule has 7 rings (SSSR count). The number of hydrogen-bond acceptors (Lipinski definition) is 1. The van der Waals surface area contributed by atoms with Crippen LogP contribution >= 0.6 is 0 Å². The quantitative estimate of drug-likeness (QED) is 0.239. The first-order chi connectivity index (χ1) is 18.7. The molecule has 1 aliphatic carbocycles. The van der Waals surface area contributed by atoms with Crippen molar-refractivity contribution in [2.45, 2.75) is 19.3 Å². The first kappa shape index (κ1) is 22.6. The average Bonchev–Trinajstić information content (AvgIpc) is 3.22. The molecule has 0 heterocycles. The fourth-order valence-corrected chi connectivity index (χ4v) is 6.40. The Morgan fingerprint density at radius 2 is 0.974 bits per heavy atom. The number of rotatable bonds is 4. The van der Waals surface area contributed by atoms with Gasteiger partial charge in [0.1, 0.15) is 0 Å². The highest BCUT2D eigenvalue weighted by molar-refractivity contribution is 6.15. The van der Waals surface area contributed by atoms with E-state index in [0.717, 1.165) is 11.4 Å².